The van der Waals surface area contributed by atoms with E-state index in [0.717, 1.165) is 6.20 Å². The van der Waals surface area contributed by atoms with Gasteiger partial charge in [0, 0.05) is 37.0 Å². The molecule has 1 amide bonds. The molecular weight excluding hydrogens is 549 g/mol. The SMILES string of the molecule is [2H]C([2H])(Oc1cc2n(c(=O)c1Cl)-c1cc(-n3cc(F)c(C(C)(C)NC(C)=O)n3)ncc1CCC2)c1ncc(F)cc1F. The van der Waals surface area contributed by atoms with Crippen molar-refractivity contribution in [2.45, 2.75) is 52.1 Å². The van der Waals surface area contributed by atoms with Crippen LogP contribution in [0.4, 0.5) is 13.2 Å². The average molecular weight is 575 g/mol. The second-order valence-electron chi connectivity index (χ2n) is 9.74. The number of carbonyl (C=O) groups excluding carboxylic acids is 1. The molecule has 0 aromatic carbocycles. The average Bonchev–Trinajstić information content (AvgIpc) is 3.19. The molecule has 1 aliphatic rings. The zero-order valence-electron chi connectivity index (χ0n) is 23.6. The van der Waals surface area contributed by atoms with Gasteiger partial charge in [0.25, 0.3) is 5.56 Å². The lowest BCUT2D eigenvalue weighted by atomic mass is 10.0. The van der Waals surface area contributed by atoms with E-state index in [0.29, 0.717) is 48.5 Å². The molecular formula is C27H24ClF3N6O3. The number of halogens is 4. The Kier molecular flexibility index (Phi) is 6.46. The molecule has 0 radical (unpaired) electrons. The molecule has 40 heavy (non-hydrogen) atoms. The first-order chi connectivity index (χ1) is 19.7. The fraction of sp³-hybridized carbons (Fsp3) is 0.296. The molecule has 1 aliphatic heterocycles. The Labute approximate surface area is 234 Å². The summed E-state index contributed by atoms with van der Waals surface area (Å²) in [4.78, 5) is 33.0. The minimum Gasteiger partial charge on any atom is -0.485 e. The molecule has 4 aromatic rings. The van der Waals surface area contributed by atoms with Gasteiger partial charge in [0.05, 0.1) is 26.4 Å². The molecule has 0 spiro atoms. The number of fused-ring (bicyclic) bond motifs is 3. The molecule has 5 rings (SSSR count). The third-order valence-corrected chi connectivity index (χ3v) is 6.66. The Bertz CT molecular complexity index is 1790. The van der Waals surface area contributed by atoms with E-state index >= 15 is 0 Å². The van der Waals surface area contributed by atoms with E-state index < -0.39 is 45.8 Å². The molecule has 1 N–H and O–H groups in total. The molecule has 13 heteroatoms. The second kappa shape index (κ2) is 10.4. The molecule has 0 saturated carbocycles. The van der Waals surface area contributed by atoms with E-state index in [9.17, 15) is 22.8 Å². The van der Waals surface area contributed by atoms with Crippen molar-refractivity contribution in [1.82, 2.24) is 29.6 Å². The number of hydrogen-bond donors (Lipinski definition) is 1. The van der Waals surface area contributed by atoms with Crippen LogP contribution in [-0.4, -0.2) is 30.2 Å². The molecule has 0 saturated heterocycles. The van der Waals surface area contributed by atoms with Gasteiger partial charge in [-0.1, -0.05) is 11.6 Å². The fourth-order valence-corrected chi connectivity index (χ4v) is 4.75. The van der Waals surface area contributed by atoms with Crippen molar-refractivity contribution in [2.24, 2.45) is 0 Å². The van der Waals surface area contributed by atoms with Crippen molar-refractivity contribution in [1.29, 1.82) is 0 Å². The first-order valence-corrected chi connectivity index (χ1v) is 12.5. The van der Waals surface area contributed by atoms with Gasteiger partial charge < -0.3 is 10.1 Å². The van der Waals surface area contributed by atoms with Gasteiger partial charge in [-0.3, -0.25) is 19.1 Å². The summed E-state index contributed by atoms with van der Waals surface area (Å²) in [6.45, 7) is 1.64. The van der Waals surface area contributed by atoms with Crippen LogP contribution < -0.4 is 15.6 Å². The summed E-state index contributed by atoms with van der Waals surface area (Å²) in [6, 6.07) is 3.38. The molecule has 0 aliphatic carbocycles. The summed E-state index contributed by atoms with van der Waals surface area (Å²) >= 11 is 6.36. The van der Waals surface area contributed by atoms with Crippen LogP contribution in [0, 0.1) is 17.5 Å². The van der Waals surface area contributed by atoms with Crippen LogP contribution in [0.3, 0.4) is 0 Å². The van der Waals surface area contributed by atoms with E-state index in [1.807, 2.05) is 0 Å². The van der Waals surface area contributed by atoms with Gasteiger partial charge in [-0.05, 0) is 38.7 Å². The number of nitrogens with zero attached hydrogens (tertiary/aromatic N) is 5. The number of aryl methyl sites for hydroxylation is 2. The highest BCUT2D eigenvalue weighted by Crippen LogP contribution is 2.30. The highest BCUT2D eigenvalue weighted by atomic mass is 35.5. The zero-order chi connectivity index (χ0) is 30.6. The third-order valence-electron chi connectivity index (χ3n) is 6.31. The quantitative estimate of drug-likeness (QED) is 0.368. The molecule has 0 fully saturated rings. The maximum absolute atomic E-state index is 14.9. The normalized spacial score (nSPS) is 14.0. The molecule has 0 unspecified atom stereocenters. The smallest absolute Gasteiger partial charge is 0.277 e. The summed E-state index contributed by atoms with van der Waals surface area (Å²) in [7, 11) is 0. The standard InChI is InChI=1S/C27H24ClF3N6O3/c1-14(38)34-27(2,3)25-19(31)12-36(35-25)23-9-21-15(10-33-23)5-4-6-17-8-22(24(28)26(39)37(17)21)40-13-20-18(30)7-16(29)11-32-20/h7-12H,4-6,13H2,1-3H3,(H,34,38)/i13D2. The van der Waals surface area contributed by atoms with Crippen LogP contribution in [0.25, 0.3) is 11.5 Å². The largest absolute Gasteiger partial charge is 0.485 e. The van der Waals surface area contributed by atoms with Crippen LogP contribution in [0.15, 0.2) is 41.6 Å². The predicted molar refractivity (Wildman–Crippen MR) is 139 cm³/mol. The minimum absolute atomic E-state index is 0.0156. The molecule has 9 nitrogen and oxygen atoms in total. The van der Waals surface area contributed by atoms with Crippen molar-refractivity contribution < 1.29 is 25.4 Å². The zero-order valence-corrected chi connectivity index (χ0v) is 22.3. The van der Waals surface area contributed by atoms with Gasteiger partial charge in [-0.15, -0.1) is 0 Å². The lowest BCUT2D eigenvalue weighted by Gasteiger charge is -2.23. The molecule has 4 aromatic heterocycles. The first kappa shape index (κ1) is 24.8. The Hall–Kier alpha value is -4.19. The monoisotopic (exact) mass is 574 g/mol. The number of amides is 1. The lowest BCUT2D eigenvalue weighted by molar-refractivity contribution is -0.120. The van der Waals surface area contributed by atoms with Crippen LogP contribution in [0.1, 0.15) is 52.6 Å². The summed E-state index contributed by atoms with van der Waals surface area (Å²) in [5.41, 5.74) is -1.17. The van der Waals surface area contributed by atoms with Crippen LogP contribution in [0.5, 0.6) is 5.75 Å². The summed E-state index contributed by atoms with van der Waals surface area (Å²) in [5.74, 6) is -3.46. The number of carbonyl (C=O) groups is 1. The van der Waals surface area contributed by atoms with E-state index in [1.165, 1.54) is 22.2 Å². The maximum atomic E-state index is 14.9. The van der Waals surface area contributed by atoms with Crippen molar-refractivity contribution in [3.63, 3.8) is 0 Å². The summed E-state index contributed by atoms with van der Waals surface area (Å²) < 4.78 is 66.8. The number of pyridine rings is 3. The van der Waals surface area contributed by atoms with Crippen molar-refractivity contribution in [3.8, 4) is 17.3 Å². The topological polar surface area (TPSA) is 104 Å². The number of rotatable bonds is 6. The van der Waals surface area contributed by atoms with Crippen molar-refractivity contribution >= 4 is 17.5 Å². The van der Waals surface area contributed by atoms with Crippen molar-refractivity contribution in [3.05, 3.63) is 92.3 Å². The van der Waals surface area contributed by atoms with Gasteiger partial charge in [0.15, 0.2) is 17.5 Å². The van der Waals surface area contributed by atoms with Gasteiger partial charge in [-0.2, -0.15) is 5.10 Å². The van der Waals surface area contributed by atoms with Gasteiger partial charge in [0.1, 0.15) is 34.5 Å². The lowest BCUT2D eigenvalue weighted by Crippen LogP contribution is -2.40. The molecule has 208 valence electrons. The van der Waals surface area contributed by atoms with Crippen LogP contribution >= 0.6 is 11.6 Å². The van der Waals surface area contributed by atoms with E-state index in [4.69, 9.17) is 19.1 Å². The number of aromatic nitrogens is 5. The second-order valence-corrected chi connectivity index (χ2v) is 10.1. The Balaban J connectivity index is 1.57. The Morgan fingerprint density at radius 2 is 1.95 bits per heavy atom. The van der Waals surface area contributed by atoms with E-state index in [-0.39, 0.29) is 23.2 Å². The van der Waals surface area contributed by atoms with Gasteiger partial charge >= 0.3 is 0 Å². The highest BCUT2D eigenvalue weighted by Gasteiger charge is 2.29. The maximum Gasteiger partial charge on any atom is 0.277 e. The van der Waals surface area contributed by atoms with Crippen LogP contribution in [0.2, 0.25) is 5.02 Å². The van der Waals surface area contributed by atoms with E-state index in [1.54, 1.807) is 26.1 Å². The van der Waals surface area contributed by atoms with Gasteiger partial charge in [0.2, 0.25) is 5.91 Å². The Morgan fingerprint density at radius 3 is 2.67 bits per heavy atom. The van der Waals surface area contributed by atoms with Crippen LogP contribution in [-0.2, 0) is 29.7 Å². The fourth-order valence-electron chi connectivity index (χ4n) is 4.57. The number of hydrogen-bond acceptors (Lipinski definition) is 6. The molecule has 0 bridgehead atoms. The number of ether oxygens (including phenoxy) is 1. The highest BCUT2D eigenvalue weighted by molar-refractivity contribution is 6.31. The first-order valence-electron chi connectivity index (χ1n) is 13.2. The van der Waals surface area contributed by atoms with E-state index in [2.05, 4.69) is 20.4 Å². The molecule has 0 atom stereocenters. The summed E-state index contributed by atoms with van der Waals surface area (Å²) in [5, 5.41) is 6.46. The molecule has 5 heterocycles. The Morgan fingerprint density at radius 1 is 1.18 bits per heavy atom. The van der Waals surface area contributed by atoms with Gasteiger partial charge in [-0.25, -0.2) is 22.8 Å². The minimum atomic E-state index is -2.89. The number of nitrogens with one attached hydrogen (secondary N) is 1. The summed E-state index contributed by atoms with van der Waals surface area (Å²) in [6.07, 6.45) is 4.78. The third kappa shape index (κ3) is 5.18. The predicted octanol–water partition coefficient (Wildman–Crippen LogP) is 4.32. The van der Waals surface area contributed by atoms with Crippen molar-refractivity contribution in [2.75, 3.05) is 0 Å².